The second kappa shape index (κ2) is 5.29. The predicted octanol–water partition coefficient (Wildman–Crippen LogP) is 2.27. The van der Waals surface area contributed by atoms with Gasteiger partial charge in [-0.3, -0.25) is 4.79 Å². The van der Waals surface area contributed by atoms with E-state index in [2.05, 4.69) is 0 Å². The van der Waals surface area contributed by atoms with Gasteiger partial charge in [-0.2, -0.15) is 0 Å². The Morgan fingerprint density at radius 1 is 1.47 bits per heavy atom. The van der Waals surface area contributed by atoms with Gasteiger partial charge in [-0.1, -0.05) is 37.3 Å². The van der Waals surface area contributed by atoms with E-state index in [4.69, 9.17) is 9.57 Å². The van der Waals surface area contributed by atoms with Gasteiger partial charge in [-0.15, -0.1) is 5.06 Å². The Balaban J connectivity index is 2.03. The van der Waals surface area contributed by atoms with Crippen LogP contribution in [0.25, 0.3) is 0 Å². The highest BCUT2D eigenvalue weighted by atomic mass is 16.7. The number of carbonyl (C=O) groups is 1. The molecule has 1 aliphatic rings. The number of rotatable bonds is 3. The molecule has 0 spiro atoms. The third-order valence-corrected chi connectivity index (χ3v) is 2.91. The van der Waals surface area contributed by atoms with Crippen LogP contribution in [-0.4, -0.2) is 23.8 Å². The molecule has 0 saturated carbocycles. The lowest BCUT2D eigenvalue weighted by molar-refractivity contribution is -0.198. The highest BCUT2D eigenvalue weighted by Crippen LogP contribution is 2.30. The van der Waals surface area contributed by atoms with Crippen molar-refractivity contribution < 1.29 is 14.4 Å². The summed E-state index contributed by atoms with van der Waals surface area (Å²) in [7, 11) is 0. The molecule has 0 radical (unpaired) electrons. The van der Waals surface area contributed by atoms with Gasteiger partial charge in [0.15, 0.2) is 0 Å². The first-order chi connectivity index (χ1) is 8.22. The highest BCUT2D eigenvalue weighted by molar-refractivity contribution is 5.68. The van der Waals surface area contributed by atoms with Crippen molar-refractivity contribution in [2.24, 2.45) is 0 Å². The summed E-state index contributed by atoms with van der Waals surface area (Å²) in [6, 6.07) is 10.0. The van der Waals surface area contributed by atoms with Crippen LogP contribution in [0.3, 0.4) is 0 Å². The number of benzene rings is 1. The van der Waals surface area contributed by atoms with Crippen molar-refractivity contribution in [1.29, 1.82) is 0 Å². The molecule has 0 N–H and O–H groups in total. The number of carbonyl (C=O) groups excluding carboxylic acids is 1. The molecule has 1 heterocycles. The molecular weight excluding hydrogens is 218 g/mol. The van der Waals surface area contributed by atoms with Gasteiger partial charge in [0.1, 0.15) is 12.8 Å². The normalized spacial score (nSPS) is 24.8. The third kappa shape index (κ3) is 2.65. The van der Waals surface area contributed by atoms with Crippen LogP contribution >= 0.6 is 0 Å². The maximum Gasteiger partial charge on any atom is 0.324 e. The van der Waals surface area contributed by atoms with Crippen molar-refractivity contribution >= 4 is 5.97 Å². The molecule has 2 atom stereocenters. The monoisotopic (exact) mass is 235 g/mol. The van der Waals surface area contributed by atoms with Gasteiger partial charge in [0.05, 0.1) is 6.04 Å². The van der Waals surface area contributed by atoms with Crippen molar-refractivity contribution in [2.45, 2.75) is 32.4 Å². The molecule has 1 fully saturated rings. The minimum absolute atomic E-state index is 0.0351. The van der Waals surface area contributed by atoms with Gasteiger partial charge < -0.3 is 9.57 Å². The van der Waals surface area contributed by atoms with E-state index in [-0.39, 0.29) is 18.1 Å². The lowest BCUT2D eigenvalue weighted by Crippen LogP contribution is -2.31. The first-order valence-corrected chi connectivity index (χ1v) is 5.86. The smallest absolute Gasteiger partial charge is 0.324 e. The second-order valence-electron chi connectivity index (χ2n) is 4.10. The highest BCUT2D eigenvalue weighted by Gasteiger charge is 2.35. The standard InChI is InChI=1S/C13H17NO3/c1-3-12(15)17-14-9-16-13(10(14)2)11-7-5-4-6-8-11/h4-8,10,13H,3,9H2,1-2H3/t10-,13-/m1/s1. The van der Waals surface area contributed by atoms with Crippen molar-refractivity contribution in [3.8, 4) is 0 Å². The molecule has 92 valence electrons. The number of ether oxygens (including phenoxy) is 1. The summed E-state index contributed by atoms with van der Waals surface area (Å²) in [5.74, 6) is -0.228. The van der Waals surface area contributed by atoms with Crippen LogP contribution < -0.4 is 0 Å². The lowest BCUT2D eigenvalue weighted by Gasteiger charge is -2.20. The Kier molecular flexibility index (Phi) is 3.76. The summed E-state index contributed by atoms with van der Waals surface area (Å²) in [5.41, 5.74) is 1.11. The van der Waals surface area contributed by atoms with Crippen LogP contribution in [0.1, 0.15) is 31.9 Å². The van der Waals surface area contributed by atoms with E-state index in [1.54, 1.807) is 12.0 Å². The molecule has 0 amide bonds. The molecule has 17 heavy (non-hydrogen) atoms. The summed E-state index contributed by atoms with van der Waals surface area (Å²) in [5, 5.41) is 1.60. The first kappa shape index (κ1) is 12.1. The zero-order valence-corrected chi connectivity index (χ0v) is 10.1. The number of hydrogen-bond acceptors (Lipinski definition) is 4. The third-order valence-electron chi connectivity index (χ3n) is 2.91. The van der Waals surface area contributed by atoms with E-state index in [1.165, 1.54) is 0 Å². The van der Waals surface area contributed by atoms with Crippen LogP contribution in [0, 0.1) is 0 Å². The van der Waals surface area contributed by atoms with E-state index in [1.807, 2.05) is 37.3 Å². The summed E-state index contributed by atoms with van der Waals surface area (Å²) < 4.78 is 5.66. The van der Waals surface area contributed by atoms with Crippen LogP contribution in [-0.2, 0) is 14.4 Å². The first-order valence-electron chi connectivity index (χ1n) is 5.86. The zero-order valence-electron chi connectivity index (χ0n) is 10.1. The molecule has 0 unspecified atom stereocenters. The van der Waals surface area contributed by atoms with Crippen molar-refractivity contribution in [3.05, 3.63) is 35.9 Å². The topological polar surface area (TPSA) is 38.8 Å². The lowest BCUT2D eigenvalue weighted by atomic mass is 10.0. The van der Waals surface area contributed by atoms with Crippen LogP contribution in [0.2, 0.25) is 0 Å². The molecular formula is C13H17NO3. The van der Waals surface area contributed by atoms with Gasteiger partial charge in [-0.05, 0) is 12.5 Å². The maximum atomic E-state index is 11.2. The van der Waals surface area contributed by atoms with E-state index in [0.717, 1.165) is 5.56 Å². The minimum atomic E-state index is -0.228. The van der Waals surface area contributed by atoms with E-state index >= 15 is 0 Å². The fourth-order valence-corrected chi connectivity index (χ4v) is 1.88. The fourth-order valence-electron chi connectivity index (χ4n) is 1.88. The molecule has 4 heteroatoms. The fraction of sp³-hybridized carbons (Fsp3) is 0.462. The Morgan fingerprint density at radius 2 is 2.18 bits per heavy atom. The van der Waals surface area contributed by atoms with Gasteiger partial charge in [0.25, 0.3) is 0 Å². The predicted molar refractivity (Wildman–Crippen MR) is 62.8 cm³/mol. The number of hydrogen-bond donors (Lipinski definition) is 0. The van der Waals surface area contributed by atoms with Crippen LogP contribution in [0.5, 0.6) is 0 Å². The Morgan fingerprint density at radius 3 is 2.82 bits per heavy atom. The quantitative estimate of drug-likeness (QED) is 0.805. The van der Waals surface area contributed by atoms with E-state index < -0.39 is 0 Å². The Hall–Kier alpha value is -1.39. The molecule has 2 rings (SSSR count). The van der Waals surface area contributed by atoms with E-state index in [0.29, 0.717) is 13.2 Å². The largest absolute Gasteiger partial charge is 0.365 e. The zero-order chi connectivity index (χ0) is 12.3. The van der Waals surface area contributed by atoms with Gasteiger partial charge in [0, 0.05) is 6.42 Å². The summed E-state index contributed by atoms with van der Waals surface area (Å²) in [6.45, 7) is 4.10. The summed E-state index contributed by atoms with van der Waals surface area (Å²) in [6.07, 6.45) is 0.333. The van der Waals surface area contributed by atoms with Gasteiger partial charge in [-0.25, -0.2) is 0 Å². The molecule has 1 saturated heterocycles. The Labute approximate surface area is 101 Å². The van der Waals surface area contributed by atoms with Gasteiger partial charge >= 0.3 is 5.97 Å². The number of hydroxylamine groups is 2. The summed E-state index contributed by atoms with van der Waals surface area (Å²) >= 11 is 0. The van der Waals surface area contributed by atoms with Crippen LogP contribution in [0.4, 0.5) is 0 Å². The van der Waals surface area contributed by atoms with E-state index in [9.17, 15) is 4.79 Å². The van der Waals surface area contributed by atoms with Crippen LogP contribution in [0.15, 0.2) is 30.3 Å². The van der Waals surface area contributed by atoms with Gasteiger partial charge in [0.2, 0.25) is 0 Å². The molecule has 1 aromatic rings. The van der Waals surface area contributed by atoms with Crippen molar-refractivity contribution in [3.63, 3.8) is 0 Å². The maximum absolute atomic E-state index is 11.2. The van der Waals surface area contributed by atoms with Crippen molar-refractivity contribution in [1.82, 2.24) is 5.06 Å². The summed E-state index contributed by atoms with van der Waals surface area (Å²) in [4.78, 5) is 16.4. The second-order valence-corrected chi connectivity index (χ2v) is 4.10. The van der Waals surface area contributed by atoms with Crippen molar-refractivity contribution in [2.75, 3.05) is 6.73 Å². The minimum Gasteiger partial charge on any atom is -0.365 e. The molecule has 1 aliphatic heterocycles. The molecule has 0 aromatic heterocycles. The number of nitrogens with zero attached hydrogens (tertiary/aromatic N) is 1. The molecule has 0 bridgehead atoms. The average molecular weight is 235 g/mol. The molecule has 1 aromatic carbocycles. The molecule has 0 aliphatic carbocycles. The SMILES string of the molecule is CCC(=O)ON1CO[C@@H](c2ccccc2)[C@H]1C. The molecule has 4 nitrogen and oxygen atoms in total. The average Bonchev–Trinajstić information content (AvgIpc) is 2.72. The Bertz CT molecular complexity index is 380.